The first-order valence-electron chi connectivity index (χ1n) is 9.02. The molecule has 0 saturated heterocycles. The van der Waals surface area contributed by atoms with Crippen molar-refractivity contribution in [1.82, 2.24) is 4.72 Å². The van der Waals surface area contributed by atoms with Gasteiger partial charge in [-0.2, -0.15) is 0 Å². The van der Waals surface area contributed by atoms with Gasteiger partial charge in [0.25, 0.3) is 5.91 Å². The summed E-state index contributed by atoms with van der Waals surface area (Å²) in [6.45, 7) is 3.33. The topological polar surface area (TPSA) is 102 Å². The van der Waals surface area contributed by atoms with Crippen molar-refractivity contribution in [2.45, 2.75) is 37.6 Å². The highest BCUT2D eigenvalue weighted by molar-refractivity contribution is 9.10. The Morgan fingerprint density at radius 3 is 2.59 bits per heavy atom. The van der Waals surface area contributed by atoms with Crippen molar-refractivity contribution in [3.8, 4) is 0 Å². The van der Waals surface area contributed by atoms with Crippen molar-refractivity contribution in [3.63, 3.8) is 0 Å². The lowest BCUT2D eigenvalue weighted by atomic mass is 10.1. The summed E-state index contributed by atoms with van der Waals surface area (Å²) < 4.78 is 32.7. The van der Waals surface area contributed by atoms with Crippen molar-refractivity contribution in [2.75, 3.05) is 11.9 Å². The molecule has 0 aliphatic heterocycles. The third kappa shape index (κ3) is 5.43. The number of ether oxygens (including phenoxy) is 1. The number of carbonyl (C=O) groups is 2. The smallest absolute Gasteiger partial charge is 0.339 e. The van der Waals surface area contributed by atoms with Crippen LogP contribution in [-0.4, -0.2) is 32.9 Å². The first-order valence-corrected chi connectivity index (χ1v) is 11.3. The maximum absolute atomic E-state index is 12.4. The van der Waals surface area contributed by atoms with E-state index in [1.54, 1.807) is 6.07 Å². The molecule has 0 heterocycles. The van der Waals surface area contributed by atoms with Gasteiger partial charge in [0.1, 0.15) is 0 Å². The summed E-state index contributed by atoms with van der Waals surface area (Å²) in [5.41, 5.74) is 2.63. The predicted octanol–water partition coefficient (Wildman–Crippen LogP) is 3.30. The van der Waals surface area contributed by atoms with E-state index in [2.05, 4.69) is 26.0 Å². The van der Waals surface area contributed by atoms with E-state index in [0.29, 0.717) is 10.2 Å². The van der Waals surface area contributed by atoms with Crippen LogP contribution >= 0.6 is 15.9 Å². The summed E-state index contributed by atoms with van der Waals surface area (Å²) in [6, 6.07) is 9.57. The lowest BCUT2D eigenvalue weighted by Crippen LogP contribution is -2.26. The Morgan fingerprint density at radius 1 is 1.17 bits per heavy atom. The average molecular weight is 481 g/mol. The molecule has 29 heavy (non-hydrogen) atoms. The Bertz CT molecular complexity index is 1060. The van der Waals surface area contributed by atoms with Gasteiger partial charge in [0.15, 0.2) is 6.61 Å². The number of benzene rings is 2. The highest BCUT2D eigenvalue weighted by Crippen LogP contribution is 2.25. The zero-order chi connectivity index (χ0) is 21.2. The Balaban J connectivity index is 1.66. The lowest BCUT2D eigenvalue weighted by Gasteiger charge is -2.12. The fraction of sp³-hybridized carbons (Fsp3) is 0.300. The molecule has 0 atom stereocenters. The van der Waals surface area contributed by atoms with Crippen molar-refractivity contribution in [3.05, 3.63) is 57.6 Å². The fourth-order valence-electron chi connectivity index (χ4n) is 2.60. The van der Waals surface area contributed by atoms with E-state index in [0.717, 1.165) is 24.0 Å². The number of halogens is 1. The van der Waals surface area contributed by atoms with Crippen molar-refractivity contribution in [1.29, 1.82) is 0 Å². The van der Waals surface area contributed by atoms with E-state index in [9.17, 15) is 18.0 Å². The first kappa shape index (κ1) is 21.5. The minimum Gasteiger partial charge on any atom is -0.452 e. The number of amides is 1. The van der Waals surface area contributed by atoms with Crippen LogP contribution in [-0.2, 0) is 19.6 Å². The standard InChI is InChI=1S/C20H21BrN2O5S/c1-12-4-3-5-18(13(12)2)22-19(24)11-28-20(25)16-10-15(8-9-17(16)21)29(26,27)23-14-6-7-14/h3-5,8-10,14,23H,6-7,11H2,1-2H3,(H,22,24). The normalized spacial score (nSPS) is 13.8. The van der Waals surface area contributed by atoms with E-state index < -0.39 is 28.5 Å². The zero-order valence-corrected chi connectivity index (χ0v) is 18.4. The quantitative estimate of drug-likeness (QED) is 0.591. The number of anilines is 1. The van der Waals surface area contributed by atoms with E-state index in [-0.39, 0.29) is 16.5 Å². The minimum absolute atomic E-state index is 0.0283. The summed E-state index contributed by atoms with van der Waals surface area (Å²) in [6.07, 6.45) is 1.61. The number of carbonyl (C=O) groups excluding carboxylic acids is 2. The fourth-order valence-corrected chi connectivity index (χ4v) is 4.34. The monoisotopic (exact) mass is 480 g/mol. The van der Waals surface area contributed by atoms with Crippen LogP contribution in [0, 0.1) is 13.8 Å². The molecule has 1 aliphatic rings. The summed E-state index contributed by atoms with van der Waals surface area (Å²) >= 11 is 3.22. The second-order valence-corrected chi connectivity index (χ2v) is 9.48. The Hall–Kier alpha value is -2.23. The van der Waals surface area contributed by atoms with Crippen LogP contribution in [0.5, 0.6) is 0 Å². The van der Waals surface area contributed by atoms with Crippen molar-refractivity contribution >= 4 is 43.5 Å². The third-order valence-corrected chi connectivity index (χ3v) is 6.79. The molecule has 0 bridgehead atoms. The van der Waals surface area contributed by atoms with Crippen molar-refractivity contribution < 1.29 is 22.7 Å². The molecule has 0 radical (unpaired) electrons. The predicted molar refractivity (Wildman–Crippen MR) is 112 cm³/mol. The molecule has 2 aromatic carbocycles. The molecule has 1 aliphatic carbocycles. The van der Waals surface area contributed by atoms with Gasteiger partial charge in [0.2, 0.25) is 10.0 Å². The molecule has 0 unspecified atom stereocenters. The molecule has 154 valence electrons. The zero-order valence-electron chi connectivity index (χ0n) is 16.0. The number of rotatable bonds is 7. The van der Waals surface area contributed by atoms with Gasteiger partial charge in [-0.25, -0.2) is 17.9 Å². The van der Waals surface area contributed by atoms with E-state index >= 15 is 0 Å². The second kappa shape index (κ2) is 8.64. The number of nitrogens with one attached hydrogen (secondary N) is 2. The van der Waals surface area contributed by atoms with Crippen LogP contribution in [0.15, 0.2) is 45.8 Å². The molecular formula is C20H21BrN2O5S. The van der Waals surface area contributed by atoms with Gasteiger partial charge < -0.3 is 10.1 Å². The molecule has 1 amide bonds. The number of aryl methyl sites for hydroxylation is 1. The van der Waals surface area contributed by atoms with Crippen LogP contribution in [0.4, 0.5) is 5.69 Å². The number of esters is 1. The summed E-state index contributed by atoms with van der Waals surface area (Å²) in [5.74, 6) is -1.28. The Labute approximate surface area is 178 Å². The SMILES string of the molecule is Cc1cccc(NC(=O)COC(=O)c2cc(S(=O)(=O)NC3CC3)ccc2Br)c1C. The first-order chi connectivity index (χ1) is 13.7. The summed E-state index contributed by atoms with van der Waals surface area (Å²) in [4.78, 5) is 24.5. The maximum atomic E-state index is 12.4. The van der Waals surface area contributed by atoms with Gasteiger partial charge >= 0.3 is 5.97 Å². The largest absolute Gasteiger partial charge is 0.452 e. The molecule has 2 N–H and O–H groups in total. The van der Waals surface area contributed by atoms with Gasteiger partial charge in [0.05, 0.1) is 10.5 Å². The molecule has 0 aromatic heterocycles. The molecule has 3 rings (SSSR count). The van der Waals surface area contributed by atoms with Gasteiger partial charge in [0, 0.05) is 16.2 Å². The lowest BCUT2D eigenvalue weighted by molar-refractivity contribution is -0.119. The molecule has 7 nitrogen and oxygen atoms in total. The number of hydrogen-bond acceptors (Lipinski definition) is 5. The Morgan fingerprint density at radius 2 is 1.90 bits per heavy atom. The molecular weight excluding hydrogens is 460 g/mol. The molecule has 9 heteroatoms. The van der Waals surface area contributed by atoms with Crippen LogP contribution in [0.1, 0.15) is 34.3 Å². The van der Waals surface area contributed by atoms with E-state index in [4.69, 9.17) is 4.74 Å². The van der Waals surface area contributed by atoms with Gasteiger partial charge in [-0.1, -0.05) is 12.1 Å². The average Bonchev–Trinajstić information content (AvgIpc) is 3.47. The highest BCUT2D eigenvalue weighted by Gasteiger charge is 2.29. The summed E-state index contributed by atoms with van der Waals surface area (Å²) in [7, 11) is -3.71. The van der Waals surface area contributed by atoms with Gasteiger partial charge in [-0.05, 0) is 78.0 Å². The highest BCUT2D eigenvalue weighted by atomic mass is 79.9. The molecule has 2 aromatic rings. The van der Waals surface area contributed by atoms with Crippen LogP contribution in [0.25, 0.3) is 0 Å². The van der Waals surface area contributed by atoms with Crippen LogP contribution in [0.3, 0.4) is 0 Å². The number of sulfonamides is 1. The summed E-state index contributed by atoms with van der Waals surface area (Å²) in [5, 5.41) is 2.70. The Kier molecular flexibility index (Phi) is 6.40. The third-order valence-electron chi connectivity index (χ3n) is 4.58. The van der Waals surface area contributed by atoms with E-state index in [1.807, 2.05) is 26.0 Å². The van der Waals surface area contributed by atoms with Crippen molar-refractivity contribution in [2.24, 2.45) is 0 Å². The molecule has 1 fully saturated rings. The minimum atomic E-state index is -3.71. The second-order valence-electron chi connectivity index (χ2n) is 6.91. The molecule has 0 spiro atoms. The van der Waals surface area contributed by atoms with Crippen LogP contribution in [0.2, 0.25) is 0 Å². The van der Waals surface area contributed by atoms with Crippen LogP contribution < -0.4 is 10.0 Å². The molecule has 1 saturated carbocycles. The number of hydrogen-bond donors (Lipinski definition) is 2. The van der Waals surface area contributed by atoms with Gasteiger partial charge in [-0.15, -0.1) is 0 Å². The maximum Gasteiger partial charge on any atom is 0.339 e. The van der Waals surface area contributed by atoms with Gasteiger partial charge in [-0.3, -0.25) is 4.79 Å². The van der Waals surface area contributed by atoms with E-state index in [1.165, 1.54) is 18.2 Å².